The molecule has 8 N–H and O–H groups in total. The molecule has 2 aliphatic rings. The van der Waals surface area contributed by atoms with Gasteiger partial charge in [-0.3, -0.25) is 33.3 Å². The summed E-state index contributed by atoms with van der Waals surface area (Å²) >= 11 is 0. The van der Waals surface area contributed by atoms with Crippen LogP contribution in [0, 0.1) is 0 Å². The number of hydrogen-bond donors (Lipinski definition) is 8. The van der Waals surface area contributed by atoms with Crippen molar-refractivity contribution in [1.82, 2.24) is 10.6 Å². The van der Waals surface area contributed by atoms with Crippen LogP contribution in [0.5, 0.6) is 0 Å². The van der Waals surface area contributed by atoms with Crippen molar-refractivity contribution < 1.29 is 101 Å². The van der Waals surface area contributed by atoms with Crippen LogP contribution < -0.4 is 10.6 Å². The number of ether oxygens (including phenoxy) is 7. The summed E-state index contributed by atoms with van der Waals surface area (Å²) in [6.45, 7) is 11.2. The lowest BCUT2D eigenvalue weighted by molar-refractivity contribution is -0.282. The molecule has 23 nitrogen and oxygen atoms in total. The van der Waals surface area contributed by atoms with Crippen LogP contribution in [-0.2, 0) is 71.0 Å². The van der Waals surface area contributed by atoms with Gasteiger partial charge in [-0.15, -0.1) is 0 Å². The Balaban J connectivity index is 2.60. The Kier molecular flexibility index (Phi) is 75.8. The first kappa shape index (κ1) is 117. The third kappa shape index (κ3) is 64.4. The second-order valence-corrected chi connectivity index (χ2v) is 38.2. The van der Waals surface area contributed by atoms with Gasteiger partial charge in [-0.25, -0.2) is 4.57 Å². The molecule has 2 aliphatic heterocycles. The van der Waals surface area contributed by atoms with Gasteiger partial charge in [0.2, 0.25) is 11.8 Å². The molecule has 0 radical (unpaired) electrons. The van der Waals surface area contributed by atoms with E-state index >= 15 is 0 Å². The van der Waals surface area contributed by atoms with Crippen LogP contribution in [0.4, 0.5) is 0 Å². The van der Waals surface area contributed by atoms with Crippen LogP contribution in [0.2, 0.25) is 0 Å². The highest BCUT2D eigenvalue weighted by atomic mass is 31.2. The smallest absolute Gasteiger partial charge is 0.462 e. The van der Waals surface area contributed by atoms with Gasteiger partial charge in [0.1, 0.15) is 42.7 Å². The maximum Gasteiger partial charge on any atom is 0.470 e. The highest BCUT2D eigenvalue weighted by Crippen LogP contribution is 2.43. The molecule has 0 aromatic heterocycles. The zero-order valence-corrected chi connectivity index (χ0v) is 80.7. The molecule has 9 unspecified atom stereocenters. The van der Waals surface area contributed by atoms with Crippen molar-refractivity contribution >= 4 is 43.5 Å². The van der Waals surface area contributed by atoms with Gasteiger partial charge in [-0.2, -0.15) is 0 Å². The van der Waals surface area contributed by atoms with Crippen molar-refractivity contribution in [3.63, 3.8) is 0 Å². The summed E-state index contributed by atoms with van der Waals surface area (Å²) in [6, 6.07) is -2.92. The Bertz CT molecular complexity index is 2590. The number of rotatable bonds is 88. The molecule has 0 aromatic carbocycles. The van der Waals surface area contributed by atoms with E-state index in [1.165, 1.54) is 186 Å². The first-order valence-corrected chi connectivity index (χ1v) is 53.4. The largest absolute Gasteiger partial charge is 0.470 e. The second-order valence-electron chi connectivity index (χ2n) is 37.0. The van der Waals surface area contributed by atoms with Gasteiger partial charge in [0, 0.05) is 12.8 Å². The van der Waals surface area contributed by atoms with Crippen LogP contribution in [0.3, 0.4) is 0 Å². The number of esters is 4. The SMILES string of the molecule is CCCCCCCCCCCCCCCC(=O)O[C@H](CCCCCCCCCCC)CC(=O)NC1COC(COC2OC(CO)C(OP(=O)(O)O)C(OC(=O)C[C@@H](CCCCCCCCCCC)OC(=O)CCCCCCCCCCCCCCC)C2NC(=O)C[C@H](O)CCCCCCCCCCC)C(O)C1OC(=O)C[C@H](O)CCCCCCCCCCC. The molecule has 124 heavy (non-hydrogen) atoms. The molecule has 2 saturated heterocycles. The molecule has 0 aromatic rings. The number of aliphatic hydroxyl groups excluding tert-OH is 4. The first-order valence-electron chi connectivity index (χ1n) is 51.9. The summed E-state index contributed by atoms with van der Waals surface area (Å²) in [5.74, 6) is -4.06. The first-order chi connectivity index (χ1) is 60.2. The third-order valence-corrected chi connectivity index (χ3v) is 25.6. The molecule has 730 valence electrons. The quantitative estimate of drug-likeness (QED) is 0.0121. The number of nitrogens with one attached hydrogen (secondary N) is 2. The fourth-order valence-corrected chi connectivity index (χ4v) is 18.0. The summed E-state index contributed by atoms with van der Waals surface area (Å²) in [5.41, 5.74) is 0. The van der Waals surface area contributed by atoms with Gasteiger partial charge >= 0.3 is 31.7 Å². The van der Waals surface area contributed by atoms with E-state index in [2.05, 4.69) is 52.2 Å². The summed E-state index contributed by atoms with van der Waals surface area (Å²) in [4.78, 5) is 107. The van der Waals surface area contributed by atoms with Crippen molar-refractivity contribution in [2.75, 3.05) is 19.8 Å². The van der Waals surface area contributed by atoms with Crippen molar-refractivity contribution in [3.8, 4) is 0 Å². The number of phosphoric acid groups is 1. The summed E-state index contributed by atoms with van der Waals surface area (Å²) in [6.07, 6.45) is 51.3. The standard InChI is InChI=1S/C100H189N2O21P/c1-7-13-19-25-31-37-39-41-43-49-55-61-67-73-91(108)118-84(71-65-59-53-47-35-29-23-17-11-5)77-90(107)101-86-80-116-88(96(112)97(86)121-93(110)76-83(105)70-64-58-52-46-34-28-22-16-10-4)81-117-100-95(102-89(106)75-82(104)69-63-57-51-45-33-27-21-15-9-3)99(98(87(79-103)120-100)123-124(113,114)115)122-94(111)78-85(72-66-60-54-48-36-30-24-18-12-6)119-92(109)74-68-62-56-50-44-42-40-38-32-26-20-14-8-2/h82-88,95-100,103-105,112H,7-81H2,1-6H3,(H,101,107)(H,102,106)(H2,113,114,115)/t82-,83-,84-,85-,86?,87?,88?,95?,96?,97?,98?,99?,100?/m1/s1. The van der Waals surface area contributed by atoms with E-state index in [0.29, 0.717) is 51.4 Å². The minimum absolute atomic E-state index is 0.133. The Morgan fingerprint density at radius 2 is 0.669 bits per heavy atom. The molecule has 13 atom stereocenters. The van der Waals surface area contributed by atoms with Gasteiger partial charge in [0.05, 0.1) is 63.8 Å². The normalized spacial score (nSPS) is 19.6. The van der Waals surface area contributed by atoms with Gasteiger partial charge in [-0.1, -0.05) is 414 Å². The molecule has 2 rings (SSSR count). The number of aliphatic hydroxyl groups is 4. The number of phosphoric ester groups is 1. The molecule has 0 spiro atoms. The van der Waals surface area contributed by atoms with E-state index in [-0.39, 0.29) is 38.3 Å². The number of carbonyl (C=O) groups excluding carboxylic acids is 6. The van der Waals surface area contributed by atoms with Gasteiger partial charge in [-0.05, 0) is 51.4 Å². The van der Waals surface area contributed by atoms with E-state index in [1.807, 2.05) is 0 Å². The highest BCUT2D eigenvalue weighted by Gasteiger charge is 2.53. The van der Waals surface area contributed by atoms with E-state index < -0.39 is 149 Å². The van der Waals surface area contributed by atoms with Crippen molar-refractivity contribution in [3.05, 3.63) is 0 Å². The Morgan fingerprint density at radius 1 is 0.363 bits per heavy atom. The molecule has 2 fully saturated rings. The minimum atomic E-state index is -5.56. The zero-order chi connectivity index (χ0) is 90.6. The number of unbranched alkanes of at least 4 members (excludes halogenated alkanes) is 56. The molecule has 0 bridgehead atoms. The fraction of sp³-hybridized carbons (Fsp3) is 0.940. The fourth-order valence-electron chi connectivity index (χ4n) is 17.4. The van der Waals surface area contributed by atoms with Crippen molar-refractivity contribution in [2.45, 2.75) is 583 Å². The maximum atomic E-state index is 14.8. The van der Waals surface area contributed by atoms with Crippen LogP contribution in [0.15, 0.2) is 0 Å². The molecule has 24 heteroatoms. The van der Waals surface area contributed by atoms with Crippen LogP contribution >= 0.6 is 7.82 Å². The molecular weight excluding hydrogens is 1600 g/mol. The van der Waals surface area contributed by atoms with Crippen molar-refractivity contribution in [2.24, 2.45) is 0 Å². The van der Waals surface area contributed by atoms with E-state index in [9.17, 15) is 63.5 Å². The Labute approximate surface area is 754 Å². The molecule has 0 saturated carbocycles. The molecule has 0 aliphatic carbocycles. The van der Waals surface area contributed by atoms with E-state index in [0.717, 1.165) is 180 Å². The monoisotopic (exact) mass is 1790 g/mol. The van der Waals surface area contributed by atoms with E-state index in [4.69, 9.17) is 37.7 Å². The van der Waals surface area contributed by atoms with E-state index in [1.54, 1.807) is 0 Å². The topological polar surface area (TPSA) is 339 Å². The second kappa shape index (κ2) is 80.5. The predicted molar refractivity (Wildman–Crippen MR) is 496 cm³/mol. The van der Waals surface area contributed by atoms with Crippen LogP contribution in [0.1, 0.15) is 504 Å². The lowest BCUT2D eigenvalue weighted by atomic mass is 9.95. The third-order valence-electron chi connectivity index (χ3n) is 25.1. The minimum Gasteiger partial charge on any atom is -0.462 e. The molecular formula is C100H189N2O21P. The average molecular weight is 1790 g/mol. The summed E-state index contributed by atoms with van der Waals surface area (Å²) < 4.78 is 62.1. The number of hydrogen-bond acceptors (Lipinski definition) is 19. The maximum absolute atomic E-state index is 14.8. The Hall–Kier alpha value is -3.35. The lowest BCUT2D eigenvalue weighted by Gasteiger charge is -2.46. The Morgan fingerprint density at radius 3 is 1.02 bits per heavy atom. The van der Waals surface area contributed by atoms with Gasteiger partial charge in [0.15, 0.2) is 18.5 Å². The van der Waals surface area contributed by atoms with Gasteiger partial charge < -0.3 is 74.0 Å². The summed E-state index contributed by atoms with van der Waals surface area (Å²) in [7, 11) is -5.56. The molecule has 2 heterocycles. The average Bonchev–Trinajstić information content (AvgIpc) is 0.777. The predicted octanol–water partition coefficient (Wildman–Crippen LogP) is 23.5. The zero-order valence-electron chi connectivity index (χ0n) is 79.8. The summed E-state index contributed by atoms with van der Waals surface area (Å²) in [5, 5.41) is 52.0. The number of amides is 2. The van der Waals surface area contributed by atoms with Gasteiger partial charge in [0.25, 0.3) is 0 Å². The number of carbonyl (C=O) groups is 6. The van der Waals surface area contributed by atoms with Crippen molar-refractivity contribution in [1.29, 1.82) is 0 Å². The molecule has 2 amide bonds. The van der Waals surface area contributed by atoms with Crippen LogP contribution in [-0.4, -0.2) is 165 Å². The lowest BCUT2D eigenvalue weighted by Crippen LogP contribution is -2.67. The van der Waals surface area contributed by atoms with Crippen LogP contribution in [0.25, 0.3) is 0 Å². The highest BCUT2D eigenvalue weighted by molar-refractivity contribution is 7.46.